The quantitative estimate of drug-likeness (QED) is 0.793. The maximum absolute atomic E-state index is 12.8. The van der Waals surface area contributed by atoms with Gasteiger partial charge in [-0.3, -0.25) is 14.4 Å². The number of nitrogens with zero attached hydrogens (tertiary/aromatic N) is 4. The summed E-state index contributed by atoms with van der Waals surface area (Å²) in [4.78, 5) is 45.3. The molecule has 3 heterocycles. The van der Waals surface area contributed by atoms with E-state index in [9.17, 15) is 14.4 Å². The average Bonchev–Trinajstić information content (AvgIpc) is 2.89. The number of hydrogen-bond donors (Lipinski definition) is 0. The molecule has 8 heteroatoms. The van der Waals surface area contributed by atoms with Crippen LogP contribution in [0, 0.1) is 0 Å². The summed E-state index contributed by atoms with van der Waals surface area (Å²) in [5.74, 6) is -0.245. The molecule has 7 nitrogen and oxygen atoms in total. The Bertz CT molecular complexity index is 859. The van der Waals surface area contributed by atoms with Crippen LogP contribution < -0.4 is 5.56 Å². The summed E-state index contributed by atoms with van der Waals surface area (Å²) in [6.07, 6.45) is 1.28. The fourth-order valence-electron chi connectivity index (χ4n) is 2.79. The van der Waals surface area contributed by atoms with Crippen LogP contribution in [0.4, 0.5) is 0 Å². The van der Waals surface area contributed by atoms with Crippen LogP contribution in [0.1, 0.15) is 30.9 Å². The van der Waals surface area contributed by atoms with E-state index >= 15 is 0 Å². The summed E-state index contributed by atoms with van der Waals surface area (Å²) in [7, 11) is 5.02. The van der Waals surface area contributed by atoms with Crippen molar-refractivity contribution < 1.29 is 9.59 Å². The summed E-state index contributed by atoms with van der Waals surface area (Å²) in [5.41, 5.74) is 1.08. The van der Waals surface area contributed by atoms with Crippen LogP contribution in [0.25, 0.3) is 0 Å². The Balaban J connectivity index is 1.78. The van der Waals surface area contributed by atoms with Gasteiger partial charge in [-0.05, 0) is 6.07 Å². The number of carbonyl (C=O) groups excluding carboxylic acids is 2. The number of carbonyl (C=O) groups is 2. The van der Waals surface area contributed by atoms with Gasteiger partial charge in [-0.2, -0.15) is 0 Å². The van der Waals surface area contributed by atoms with Gasteiger partial charge in [0.05, 0.1) is 5.69 Å². The minimum Gasteiger partial charge on any atom is -0.343 e. The normalized spacial score (nSPS) is 14.0. The van der Waals surface area contributed by atoms with Crippen molar-refractivity contribution in [2.75, 3.05) is 27.2 Å². The Morgan fingerprint density at radius 3 is 2.64 bits per heavy atom. The largest absolute Gasteiger partial charge is 0.343 e. The number of thiazole rings is 1. The monoisotopic (exact) mass is 360 g/mol. The molecule has 132 valence electrons. The molecule has 2 aromatic rings. The lowest BCUT2D eigenvalue weighted by Crippen LogP contribution is -2.36. The van der Waals surface area contributed by atoms with E-state index in [1.165, 1.54) is 26.9 Å². The second-order valence-corrected chi connectivity index (χ2v) is 7.27. The Morgan fingerprint density at radius 2 is 1.92 bits per heavy atom. The van der Waals surface area contributed by atoms with Crippen LogP contribution in [-0.2, 0) is 19.9 Å². The Hall–Kier alpha value is -2.48. The SMILES string of the molecule is CN(C)C(=O)c1nc2c(s1)CCN(C(=O)c1cccc(=O)n1C)CC2. The minimum absolute atomic E-state index is 0.0923. The standard InChI is InChI=1S/C17H20N4O3S/c1-19(2)17(24)15-18-11-7-9-21(10-8-13(11)25-15)16(23)12-5-4-6-14(22)20(12)3/h4-6H,7-10H2,1-3H3. The van der Waals surface area contributed by atoms with Crippen molar-refractivity contribution in [1.29, 1.82) is 0 Å². The van der Waals surface area contributed by atoms with Crippen molar-refractivity contribution >= 4 is 23.2 Å². The zero-order chi connectivity index (χ0) is 18.1. The van der Waals surface area contributed by atoms with E-state index in [-0.39, 0.29) is 17.4 Å². The van der Waals surface area contributed by atoms with Crippen molar-refractivity contribution in [2.45, 2.75) is 12.8 Å². The molecule has 25 heavy (non-hydrogen) atoms. The molecule has 0 spiro atoms. The fraction of sp³-hybridized carbons (Fsp3) is 0.412. The van der Waals surface area contributed by atoms with Gasteiger partial charge in [-0.25, -0.2) is 4.98 Å². The van der Waals surface area contributed by atoms with E-state index in [2.05, 4.69) is 4.98 Å². The number of pyridine rings is 1. The molecular formula is C17H20N4O3S. The minimum atomic E-state index is -0.201. The lowest BCUT2D eigenvalue weighted by molar-refractivity contribution is 0.0750. The predicted molar refractivity (Wildman–Crippen MR) is 95.1 cm³/mol. The lowest BCUT2D eigenvalue weighted by Gasteiger charge is -2.21. The summed E-state index contributed by atoms with van der Waals surface area (Å²) in [6, 6.07) is 4.70. The van der Waals surface area contributed by atoms with Crippen LogP contribution in [0.3, 0.4) is 0 Å². The second kappa shape index (κ2) is 6.79. The molecule has 0 N–H and O–H groups in total. The molecule has 0 radical (unpaired) electrons. The van der Waals surface area contributed by atoms with Crippen molar-refractivity contribution in [1.82, 2.24) is 19.4 Å². The van der Waals surface area contributed by atoms with Crippen LogP contribution in [0.2, 0.25) is 0 Å². The van der Waals surface area contributed by atoms with Crippen molar-refractivity contribution in [3.63, 3.8) is 0 Å². The molecule has 0 aromatic carbocycles. The van der Waals surface area contributed by atoms with E-state index in [4.69, 9.17) is 0 Å². The topological polar surface area (TPSA) is 75.5 Å². The first kappa shape index (κ1) is 17.3. The molecule has 2 amide bonds. The molecule has 1 aliphatic rings. The Kier molecular flexibility index (Phi) is 4.71. The van der Waals surface area contributed by atoms with Crippen molar-refractivity contribution in [3.8, 4) is 0 Å². The molecular weight excluding hydrogens is 340 g/mol. The highest BCUT2D eigenvalue weighted by atomic mass is 32.1. The second-order valence-electron chi connectivity index (χ2n) is 6.19. The summed E-state index contributed by atoms with van der Waals surface area (Å²) < 4.78 is 1.37. The molecule has 3 rings (SSSR count). The highest BCUT2D eigenvalue weighted by Gasteiger charge is 2.25. The first-order valence-electron chi connectivity index (χ1n) is 8.04. The van der Waals surface area contributed by atoms with E-state index in [1.54, 1.807) is 38.2 Å². The highest BCUT2D eigenvalue weighted by molar-refractivity contribution is 7.13. The zero-order valence-electron chi connectivity index (χ0n) is 14.5. The van der Waals surface area contributed by atoms with Gasteiger partial charge in [-0.1, -0.05) is 6.07 Å². The summed E-state index contributed by atoms with van der Waals surface area (Å²) >= 11 is 1.40. The number of hydrogen-bond acceptors (Lipinski definition) is 5. The Morgan fingerprint density at radius 1 is 1.20 bits per heavy atom. The third kappa shape index (κ3) is 3.34. The van der Waals surface area contributed by atoms with Gasteiger partial charge in [0.25, 0.3) is 17.4 Å². The van der Waals surface area contributed by atoms with E-state index in [0.717, 1.165) is 10.6 Å². The van der Waals surface area contributed by atoms with Crippen molar-refractivity contribution in [3.05, 3.63) is 49.8 Å². The molecule has 0 unspecified atom stereocenters. The Labute approximate surface area is 149 Å². The van der Waals surface area contributed by atoms with Gasteiger partial charge >= 0.3 is 0 Å². The van der Waals surface area contributed by atoms with Gasteiger partial charge in [-0.15, -0.1) is 11.3 Å². The number of rotatable bonds is 2. The van der Waals surface area contributed by atoms with Crippen LogP contribution in [-0.4, -0.2) is 58.4 Å². The molecule has 1 aliphatic heterocycles. The first-order valence-corrected chi connectivity index (χ1v) is 8.85. The van der Waals surface area contributed by atoms with Crippen molar-refractivity contribution in [2.24, 2.45) is 7.05 Å². The number of aromatic nitrogens is 2. The molecule has 0 saturated heterocycles. The fourth-order valence-corrected chi connectivity index (χ4v) is 3.91. The molecule has 0 aliphatic carbocycles. The molecule has 0 atom stereocenters. The maximum Gasteiger partial charge on any atom is 0.282 e. The van der Waals surface area contributed by atoms with Gasteiger partial charge in [0.2, 0.25) is 0 Å². The molecule has 0 bridgehead atoms. The smallest absolute Gasteiger partial charge is 0.282 e. The van der Waals surface area contributed by atoms with Crippen LogP contribution >= 0.6 is 11.3 Å². The van der Waals surface area contributed by atoms with Gasteiger partial charge in [0.1, 0.15) is 5.69 Å². The predicted octanol–water partition coefficient (Wildman–Crippen LogP) is 0.785. The van der Waals surface area contributed by atoms with Gasteiger partial charge in [0.15, 0.2) is 5.01 Å². The van der Waals surface area contributed by atoms with E-state index in [1.807, 2.05) is 0 Å². The van der Waals surface area contributed by atoms with Gasteiger partial charge < -0.3 is 14.4 Å². The average molecular weight is 360 g/mol. The van der Waals surface area contributed by atoms with Crippen LogP contribution in [0.5, 0.6) is 0 Å². The highest BCUT2D eigenvalue weighted by Crippen LogP contribution is 2.24. The van der Waals surface area contributed by atoms with Gasteiger partial charge in [0, 0.05) is 58.0 Å². The zero-order valence-corrected chi connectivity index (χ0v) is 15.3. The van der Waals surface area contributed by atoms with E-state index in [0.29, 0.717) is 36.6 Å². The maximum atomic E-state index is 12.8. The molecule has 0 fully saturated rings. The third-order valence-electron chi connectivity index (χ3n) is 4.29. The molecule has 0 saturated carbocycles. The first-order chi connectivity index (χ1) is 11.9. The molecule has 2 aromatic heterocycles. The van der Waals surface area contributed by atoms with Crippen LogP contribution in [0.15, 0.2) is 23.0 Å². The summed E-state index contributed by atoms with van der Waals surface area (Å²) in [6.45, 7) is 1.07. The summed E-state index contributed by atoms with van der Waals surface area (Å²) in [5, 5.41) is 0.500. The number of fused-ring (bicyclic) bond motifs is 1. The lowest BCUT2D eigenvalue weighted by atomic mass is 10.2. The van der Waals surface area contributed by atoms with E-state index < -0.39 is 0 Å². The third-order valence-corrected chi connectivity index (χ3v) is 5.43. The number of amides is 2.